The predicted molar refractivity (Wildman–Crippen MR) is 96.8 cm³/mol. The molecule has 1 spiro atoms. The molecule has 1 unspecified atom stereocenters. The van der Waals surface area contributed by atoms with Gasteiger partial charge in [-0.1, -0.05) is 26.0 Å². The summed E-state index contributed by atoms with van der Waals surface area (Å²) >= 11 is 0. The topological polar surface area (TPSA) is 89.2 Å². The third-order valence-electron chi connectivity index (χ3n) is 7.77. The largest absolute Gasteiger partial charge is 0.469 e. The molecule has 5 heterocycles. The molecule has 0 radical (unpaired) electrons. The highest BCUT2D eigenvalue weighted by atomic mass is 16.5. The second-order valence-corrected chi connectivity index (χ2v) is 8.78. The lowest BCUT2D eigenvalue weighted by Gasteiger charge is -2.54. The summed E-state index contributed by atoms with van der Waals surface area (Å²) in [6.07, 6.45) is 4.88. The number of carbonyl (C=O) groups is 2. The average molecular weight is 387 g/mol. The Kier molecular flexibility index (Phi) is 3.51. The number of nitrogens with zero attached hydrogens (tertiary/aromatic N) is 1. The monoisotopic (exact) mass is 387 g/mol. The van der Waals surface area contributed by atoms with Crippen LogP contribution in [0.25, 0.3) is 0 Å². The third kappa shape index (κ3) is 1.86. The van der Waals surface area contributed by atoms with Crippen molar-refractivity contribution in [3.63, 3.8) is 0 Å². The molecule has 5 rings (SSSR count). The zero-order valence-corrected chi connectivity index (χ0v) is 16.4. The fraction of sp³-hybridized carbons (Fsp3) is 0.619. The van der Waals surface area contributed by atoms with Gasteiger partial charge in [0.25, 0.3) is 0 Å². The molecule has 1 aromatic heterocycles. The fourth-order valence-corrected chi connectivity index (χ4v) is 6.10. The lowest BCUT2D eigenvalue weighted by Crippen LogP contribution is -2.64. The maximum Gasteiger partial charge on any atom is 0.312 e. The number of furan rings is 1. The first kappa shape index (κ1) is 17.9. The van der Waals surface area contributed by atoms with Gasteiger partial charge < -0.3 is 23.9 Å². The van der Waals surface area contributed by atoms with Crippen LogP contribution in [0.15, 0.2) is 35.0 Å². The van der Waals surface area contributed by atoms with Crippen LogP contribution in [0, 0.1) is 23.7 Å². The molecule has 0 saturated carbocycles. The van der Waals surface area contributed by atoms with Gasteiger partial charge in [0.2, 0.25) is 5.91 Å². The van der Waals surface area contributed by atoms with Gasteiger partial charge in [0.1, 0.15) is 17.3 Å². The van der Waals surface area contributed by atoms with Crippen LogP contribution in [0.2, 0.25) is 0 Å². The molecule has 3 saturated heterocycles. The molecule has 1 amide bonds. The summed E-state index contributed by atoms with van der Waals surface area (Å²) in [4.78, 5) is 28.0. The zero-order chi connectivity index (χ0) is 20.0. The van der Waals surface area contributed by atoms with Gasteiger partial charge in [0.05, 0.1) is 43.1 Å². The third-order valence-corrected chi connectivity index (χ3v) is 7.77. The highest BCUT2D eigenvalue weighted by molar-refractivity contribution is 5.92. The Morgan fingerprint density at radius 1 is 1.32 bits per heavy atom. The molecular formula is C21H25NO6. The summed E-state index contributed by atoms with van der Waals surface area (Å²) in [5.74, 6) is -1.79. The normalized spacial score (nSPS) is 48.7. The molecule has 150 valence electrons. The van der Waals surface area contributed by atoms with Crippen LogP contribution in [0.5, 0.6) is 0 Å². The van der Waals surface area contributed by atoms with Gasteiger partial charge >= 0.3 is 5.97 Å². The van der Waals surface area contributed by atoms with E-state index in [4.69, 9.17) is 13.9 Å². The number of ether oxygens (including phenoxy) is 2. The van der Waals surface area contributed by atoms with E-state index >= 15 is 0 Å². The van der Waals surface area contributed by atoms with Crippen molar-refractivity contribution in [2.45, 2.75) is 50.2 Å². The van der Waals surface area contributed by atoms with Gasteiger partial charge in [-0.3, -0.25) is 9.59 Å². The minimum atomic E-state index is -1.05. The molecule has 3 fully saturated rings. The molecular weight excluding hydrogens is 362 g/mol. The molecule has 1 N–H and O–H groups in total. The van der Waals surface area contributed by atoms with Crippen molar-refractivity contribution in [1.82, 2.24) is 4.90 Å². The number of piperidine rings is 1. The van der Waals surface area contributed by atoms with Crippen molar-refractivity contribution < 1.29 is 28.6 Å². The van der Waals surface area contributed by atoms with Crippen LogP contribution < -0.4 is 0 Å². The molecule has 28 heavy (non-hydrogen) atoms. The molecule has 1 aromatic rings. The summed E-state index contributed by atoms with van der Waals surface area (Å²) in [7, 11) is 1.33. The van der Waals surface area contributed by atoms with E-state index in [1.807, 2.05) is 39.0 Å². The molecule has 4 aliphatic rings. The lowest BCUT2D eigenvalue weighted by molar-refractivity contribution is -0.179. The molecule has 0 aromatic carbocycles. The first-order valence-electron chi connectivity index (χ1n) is 9.78. The van der Waals surface area contributed by atoms with E-state index in [-0.39, 0.29) is 17.7 Å². The van der Waals surface area contributed by atoms with Crippen molar-refractivity contribution in [3.05, 3.63) is 36.3 Å². The number of hydrogen-bond donors (Lipinski definition) is 1. The SMILES string of the molecule is COC(=O)[C@H]1[C@H]2C(=O)N3C([C@@H](C)[C@@](C)(O)[C@@H](C)[C@@H]3c3ccco3)[C@]23C=C[C@H]1O3. The second kappa shape index (κ2) is 5.48. The summed E-state index contributed by atoms with van der Waals surface area (Å²) < 4.78 is 17.0. The van der Waals surface area contributed by atoms with E-state index in [2.05, 4.69) is 0 Å². The van der Waals surface area contributed by atoms with Gasteiger partial charge in [0, 0.05) is 11.8 Å². The molecule has 0 aliphatic carbocycles. The number of rotatable bonds is 2. The molecule has 9 atom stereocenters. The molecule has 4 aliphatic heterocycles. The number of carbonyl (C=O) groups excluding carboxylic acids is 2. The van der Waals surface area contributed by atoms with Gasteiger partial charge in [0.15, 0.2) is 0 Å². The van der Waals surface area contributed by atoms with Crippen LogP contribution in [-0.4, -0.2) is 52.3 Å². The number of amides is 1. The van der Waals surface area contributed by atoms with E-state index in [1.54, 1.807) is 17.2 Å². The first-order chi connectivity index (χ1) is 13.3. The summed E-state index contributed by atoms with van der Waals surface area (Å²) in [6.45, 7) is 5.70. The van der Waals surface area contributed by atoms with Crippen LogP contribution in [-0.2, 0) is 19.1 Å². The van der Waals surface area contributed by atoms with Crippen molar-refractivity contribution in [3.8, 4) is 0 Å². The molecule has 7 nitrogen and oxygen atoms in total. The van der Waals surface area contributed by atoms with Crippen LogP contribution in [0.1, 0.15) is 32.6 Å². The summed E-state index contributed by atoms with van der Waals surface area (Å²) in [5, 5.41) is 11.4. The number of methoxy groups -OCH3 is 1. The maximum atomic E-state index is 13.7. The smallest absolute Gasteiger partial charge is 0.312 e. The molecule has 2 bridgehead atoms. The quantitative estimate of drug-likeness (QED) is 0.614. The zero-order valence-electron chi connectivity index (χ0n) is 16.4. The van der Waals surface area contributed by atoms with Gasteiger partial charge in [-0.05, 0) is 19.1 Å². The van der Waals surface area contributed by atoms with E-state index in [0.717, 1.165) is 0 Å². The summed E-state index contributed by atoms with van der Waals surface area (Å²) in [6, 6.07) is 2.77. The number of hydrogen-bond acceptors (Lipinski definition) is 6. The average Bonchev–Trinajstić information content (AvgIpc) is 3.42. The van der Waals surface area contributed by atoms with Gasteiger partial charge in [-0.25, -0.2) is 0 Å². The number of esters is 1. The Bertz CT molecular complexity index is 860. The Hall–Kier alpha value is -2.12. The number of aliphatic hydroxyl groups is 1. The standard InChI is InChI=1S/C21H25NO6/c1-10-16(13-6-5-9-27-13)22-17(11(2)20(10,3)25)21-8-7-12(28-21)14(19(24)26-4)15(21)18(22)23/h5-12,14-17,25H,1-4H3/t10-,11+,12+,14+,15-,16+,17?,20-,21-/m0/s1. The Balaban J connectivity index is 1.68. The van der Waals surface area contributed by atoms with E-state index in [1.165, 1.54) is 7.11 Å². The maximum absolute atomic E-state index is 13.7. The van der Waals surface area contributed by atoms with E-state index < -0.39 is 47.2 Å². The first-order valence-corrected chi connectivity index (χ1v) is 9.78. The van der Waals surface area contributed by atoms with Crippen molar-refractivity contribution in [1.29, 1.82) is 0 Å². The van der Waals surface area contributed by atoms with Crippen molar-refractivity contribution >= 4 is 11.9 Å². The highest BCUT2D eigenvalue weighted by Gasteiger charge is 2.76. The summed E-state index contributed by atoms with van der Waals surface area (Å²) in [5.41, 5.74) is -1.99. The van der Waals surface area contributed by atoms with E-state index in [9.17, 15) is 14.7 Å². The second-order valence-electron chi connectivity index (χ2n) is 8.78. The van der Waals surface area contributed by atoms with Gasteiger partial charge in [-0.2, -0.15) is 0 Å². The Morgan fingerprint density at radius 3 is 2.71 bits per heavy atom. The van der Waals surface area contributed by atoms with Crippen LogP contribution in [0.3, 0.4) is 0 Å². The highest BCUT2D eigenvalue weighted by Crippen LogP contribution is 2.62. The molecule has 7 heteroatoms. The number of fused-ring (bicyclic) bond motifs is 2. The predicted octanol–water partition coefficient (Wildman–Crippen LogP) is 1.68. The minimum Gasteiger partial charge on any atom is -0.469 e. The fourth-order valence-electron chi connectivity index (χ4n) is 6.10. The lowest BCUT2D eigenvalue weighted by atomic mass is 9.64. The Labute approximate surface area is 163 Å². The van der Waals surface area contributed by atoms with E-state index in [0.29, 0.717) is 5.76 Å². The minimum absolute atomic E-state index is 0.136. The van der Waals surface area contributed by atoms with Gasteiger partial charge in [-0.15, -0.1) is 0 Å². The van der Waals surface area contributed by atoms with Crippen LogP contribution in [0.4, 0.5) is 0 Å². The van der Waals surface area contributed by atoms with Crippen molar-refractivity contribution in [2.24, 2.45) is 23.7 Å². The van der Waals surface area contributed by atoms with Crippen LogP contribution >= 0.6 is 0 Å². The Morgan fingerprint density at radius 2 is 2.07 bits per heavy atom. The van der Waals surface area contributed by atoms with Crippen molar-refractivity contribution in [2.75, 3.05) is 7.11 Å².